The van der Waals surface area contributed by atoms with E-state index in [9.17, 15) is 9.59 Å². The van der Waals surface area contributed by atoms with Crippen molar-refractivity contribution in [3.63, 3.8) is 0 Å². The van der Waals surface area contributed by atoms with E-state index in [1.54, 1.807) is 4.90 Å². The molecule has 30 heavy (non-hydrogen) atoms. The highest BCUT2D eigenvalue weighted by molar-refractivity contribution is 5.89. The summed E-state index contributed by atoms with van der Waals surface area (Å²) in [6, 6.07) is 0. The van der Waals surface area contributed by atoms with Crippen molar-refractivity contribution < 1.29 is 19.1 Å². The highest BCUT2D eigenvalue weighted by Crippen LogP contribution is 2.43. The van der Waals surface area contributed by atoms with Gasteiger partial charge in [0.25, 0.3) is 0 Å². The summed E-state index contributed by atoms with van der Waals surface area (Å²) in [5.74, 6) is 1.17. The normalized spacial score (nSPS) is 27.6. The van der Waals surface area contributed by atoms with Crippen LogP contribution in [-0.4, -0.2) is 49.7 Å². The van der Waals surface area contributed by atoms with Gasteiger partial charge < -0.3 is 14.4 Å². The Labute approximate surface area is 182 Å². The fourth-order valence-corrected chi connectivity index (χ4v) is 4.63. The SMILES string of the molecule is C=CCCCCN(C)C(=O)[C@@H]1C[C@H](OCOCC)C[C@H]1C(=O)CCC[C@@H]1C[C@H]1C=C. The Bertz CT molecular complexity index is 575. The van der Waals surface area contributed by atoms with Gasteiger partial charge in [-0.05, 0) is 70.1 Å². The number of hydrogen-bond donors (Lipinski definition) is 0. The van der Waals surface area contributed by atoms with E-state index in [1.807, 2.05) is 26.1 Å². The zero-order valence-electron chi connectivity index (χ0n) is 19.0. The zero-order valence-corrected chi connectivity index (χ0v) is 19.0. The van der Waals surface area contributed by atoms with Crippen molar-refractivity contribution >= 4 is 11.7 Å². The summed E-state index contributed by atoms with van der Waals surface area (Å²) in [6.07, 6.45) is 11.8. The quantitative estimate of drug-likeness (QED) is 0.205. The lowest BCUT2D eigenvalue weighted by Crippen LogP contribution is -2.37. The Morgan fingerprint density at radius 3 is 2.53 bits per heavy atom. The van der Waals surface area contributed by atoms with Crippen LogP contribution in [0.2, 0.25) is 0 Å². The molecule has 170 valence electrons. The van der Waals surface area contributed by atoms with Gasteiger partial charge in [0.2, 0.25) is 5.91 Å². The molecule has 2 aliphatic rings. The Balaban J connectivity index is 1.88. The number of unbranched alkanes of at least 4 members (excludes halogenated alkanes) is 2. The van der Waals surface area contributed by atoms with Crippen molar-refractivity contribution in [3.05, 3.63) is 25.3 Å². The number of carbonyl (C=O) groups is 2. The summed E-state index contributed by atoms with van der Waals surface area (Å²) in [5.41, 5.74) is 0. The van der Waals surface area contributed by atoms with Crippen LogP contribution in [0.5, 0.6) is 0 Å². The molecule has 2 saturated carbocycles. The molecule has 0 unspecified atom stereocenters. The first-order valence-electron chi connectivity index (χ1n) is 11.7. The first-order valence-corrected chi connectivity index (χ1v) is 11.7. The number of amides is 1. The van der Waals surface area contributed by atoms with E-state index in [0.717, 1.165) is 38.6 Å². The maximum atomic E-state index is 13.1. The van der Waals surface area contributed by atoms with Crippen LogP contribution in [0, 0.1) is 23.7 Å². The molecule has 5 atom stereocenters. The number of allylic oxidation sites excluding steroid dienone is 2. The van der Waals surface area contributed by atoms with Gasteiger partial charge in [0.15, 0.2) is 0 Å². The van der Waals surface area contributed by atoms with Gasteiger partial charge in [-0.15, -0.1) is 13.2 Å². The van der Waals surface area contributed by atoms with Gasteiger partial charge >= 0.3 is 0 Å². The second kappa shape index (κ2) is 13.1. The molecular formula is C25H41NO4. The van der Waals surface area contributed by atoms with E-state index in [1.165, 1.54) is 6.42 Å². The van der Waals surface area contributed by atoms with Crippen molar-refractivity contribution in [2.45, 2.75) is 70.8 Å². The van der Waals surface area contributed by atoms with Gasteiger partial charge in [0.05, 0.1) is 12.0 Å². The lowest BCUT2D eigenvalue weighted by molar-refractivity contribution is -0.139. The molecule has 0 saturated heterocycles. The largest absolute Gasteiger partial charge is 0.356 e. The third kappa shape index (κ3) is 7.66. The topological polar surface area (TPSA) is 55.8 Å². The van der Waals surface area contributed by atoms with Gasteiger partial charge in [0, 0.05) is 32.5 Å². The van der Waals surface area contributed by atoms with E-state index in [-0.39, 0.29) is 36.4 Å². The fourth-order valence-electron chi connectivity index (χ4n) is 4.63. The standard InChI is InChI=1S/C25H41NO4/c1-5-8-9-10-14-26(4)25(28)23-17-21(30-18-29-7-3)16-22(23)24(27)13-11-12-20-15-19(20)6-2/h5-6,19-23H,1-2,7-18H2,3-4H3/t19-,20-,21-,22-,23-/m1/s1. The van der Waals surface area contributed by atoms with Crippen LogP contribution in [-0.2, 0) is 19.1 Å². The highest BCUT2D eigenvalue weighted by atomic mass is 16.7. The van der Waals surface area contributed by atoms with Crippen LogP contribution in [0.4, 0.5) is 0 Å². The molecule has 5 heteroatoms. The van der Waals surface area contributed by atoms with Crippen molar-refractivity contribution in [1.29, 1.82) is 0 Å². The monoisotopic (exact) mass is 419 g/mol. The second-order valence-electron chi connectivity index (χ2n) is 8.88. The molecule has 5 nitrogen and oxygen atoms in total. The molecule has 0 aromatic heterocycles. The fraction of sp³-hybridized carbons (Fsp3) is 0.760. The first kappa shape index (κ1) is 24.8. The minimum atomic E-state index is -0.268. The van der Waals surface area contributed by atoms with E-state index in [0.29, 0.717) is 37.7 Å². The van der Waals surface area contributed by atoms with Crippen molar-refractivity contribution in [2.24, 2.45) is 23.7 Å². The van der Waals surface area contributed by atoms with Gasteiger partial charge in [-0.25, -0.2) is 0 Å². The number of rotatable bonds is 16. The van der Waals surface area contributed by atoms with Crippen molar-refractivity contribution in [3.8, 4) is 0 Å². The lowest BCUT2D eigenvalue weighted by Gasteiger charge is -2.24. The number of nitrogens with zero attached hydrogens (tertiary/aromatic N) is 1. The van der Waals surface area contributed by atoms with Gasteiger partial charge in [0.1, 0.15) is 12.6 Å². The van der Waals surface area contributed by atoms with Crippen LogP contribution < -0.4 is 0 Å². The van der Waals surface area contributed by atoms with Crippen LogP contribution in [0.3, 0.4) is 0 Å². The molecule has 0 radical (unpaired) electrons. The average molecular weight is 420 g/mol. The second-order valence-corrected chi connectivity index (χ2v) is 8.88. The molecule has 1 amide bonds. The third-order valence-corrected chi connectivity index (χ3v) is 6.65. The maximum Gasteiger partial charge on any atom is 0.226 e. The Hall–Kier alpha value is -1.46. The van der Waals surface area contributed by atoms with Gasteiger partial charge in [-0.3, -0.25) is 9.59 Å². The molecular weight excluding hydrogens is 378 g/mol. The minimum Gasteiger partial charge on any atom is -0.356 e. The number of carbonyl (C=O) groups excluding carboxylic acids is 2. The molecule has 0 spiro atoms. The number of hydrogen-bond acceptors (Lipinski definition) is 4. The molecule has 2 fully saturated rings. The number of ether oxygens (including phenoxy) is 2. The Morgan fingerprint density at radius 2 is 1.87 bits per heavy atom. The van der Waals surface area contributed by atoms with Crippen LogP contribution in [0.25, 0.3) is 0 Å². The van der Waals surface area contributed by atoms with E-state index in [4.69, 9.17) is 9.47 Å². The predicted molar refractivity (Wildman–Crippen MR) is 120 cm³/mol. The summed E-state index contributed by atoms with van der Waals surface area (Å²) < 4.78 is 11.1. The molecule has 0 N–H and O–H groups in total. The molecule has 0 bridgehead atoms. The predicted octanol–water partition coefficient (Wildman–Crippen LogP) is 4.77. The smallest absolute Gasteiger partial charge is 0.226 e. The Kier molecular flexibility index (Phi) is 10.8. The lowest BCUT2D eigenvalue weighted by atomic mass is 9.88. The van der Waals surface area contributed by atoms with Crippen molar-refractivity contribution in [2.75, 3.05) is 27.0 Å². The van der Waals surface area contributed by atoms with Gasteiger partial charge in [-0.2, -0.15) is 0 Å². The first-order chi connectivity index (χ1) is 14.5. The summed E-state index contributed by atoms with van der Waals surface area (Å²) in [6.45, 7) is 11.1. The molecule has 2 rings (SSSR count). The number of Topliss-reactive ketones (excluding diaryl/α,β-unsaturated/α-hetero) is 1. The summed E-state index contributed by atoms with van der Waals surface area (Å²) in [4.78, 5) is 28.0. The van der Waals surface area contributed by atoms with Crippen LogP contribution in [0.15, 0.2) is 25.3 Å². The summed E-state index contributed by atoms with van der Waals surface area (Å²) >= 11 is 0. The highest BCUT2D eigenvalue weighted by Gasteiger charge is 2.44. The van der Waals surface area contributed by atoms with Crippen LogP contribution >= 0.6 is 0 Å². The molecule has 0 aliphatic heterocycles. The average Bonchev–Trinajstić information content (AvgIpc) is 3.37. The van der Waals surface area contributed by atoms with E-state index < -0.39 is 0 Å². The summed E-state index contributed by atoms with van der Waals surface area (Å²) in [7, 11) is 1.86. The van der Waals surface area contributed by atoms with E-state index >= 15 is 0 Å². The minimum absolute atomic E-state index is 0.0813. The Morgan fingerprint density at radius 1 is 1.10 bits per heavy atom. The van der Waals surface area contributed by atoms with Crippen LogP contribution in [0.1, 0.15) is 64.7 Å². The number of ketones is 1. The molecule has 2 aliphatic carbocycles. The molecule has 0 heterocycles. The van der Waals surface area contributed by atoms with E-state index in [2.05, 4.69) is 13.2 Å². The van der Waals surface area contributed by atoms with Crippen molar-refractivity contribution in [1.82, 2.24) is 4.90 Å². The zero-order chi connectivity index (χ0) is 21.9. The summed E-state index contributed by atoms with van der Waals surface area (Å²) in [5, 5.41) is 0. The van der Waals surface area contributed by atoms with Gasteiger partial charge in [-0.1, -0.05) is 12.2 Å². The molecule has 0 aromatic carbocycles. The molecule has 0 aromatic rings. The maximum absolute atomic E-state index is 13.1. The third-order valence-electron chi connectivity index (χ3n) is 6.65.